The van der Waals surface area contributed by atoms with E-state index in [1.54, 1.807) is 0 Å². The number of rotatable bonds is 1. The van der Waals surface area contributed by atoms with E-state index in [-0.39, 0.29) is 5.11 Å². The largest absolute Gasteiger partial charge is 0.330 e. The molecule has 1 N–H and O–H groups in total. The van der Waals surface area contributed by atoms with Crippen LogP contribution < -0.4 is 5.32 Å². The molecule has 0 bridgehead atoms. The van der Waals surface area contributed by atoms with Crippen molar-refractivity contribution in [2.75, 3.05) is 5.32 Å². The Balaban J connectivity index is 2.64. The van der Waals surface area contributed by atoms with E-state index in [0.717, 1.165) is 5.69 Å². The van der Waals surface area contributed by atoms with Crippen molar-refractivity contribution in [3.63, 3.8) is 0 Å². The van der Waals surface area contributed by atoms with Gasteiger partial charge in [0.1, 0.15) is 0 Å². The molecule has 0 atom stereocenters. The van der Waals surface area contributed by atoms with Crippen molar-refractivity contribution in [1.82, 2.24) is 0 Å². The van der Waals surface area contributed by atoms with Crippen molar-refractivity contribution in [3.8, 4) is 0 Å². The van der Waals surface area contributed by atoms with E-state index in [0.29, 0.717) is 0 Å². The number of nitrogens with zero attached hydrogens (tertiary/aromatic N) is 1. The first-order valence-corrected chi connectivity index (χ1v) is 3.67. The van der Waals surface area contributed by atoms with Crippen LogP contribution in [-0.2, 0) is 4.79 Å². The third-order valence-electron chi connectivity index (χ3n) is 1.17. The van der Waals surface area contributed by atoms with Crippen LogP contribution in [0.4, 0.5) is 5.69 Å². The molecule has 0 saturated carbocycles. The molecule has 0 saturated heterocycles. The van der Waals surface area contributed by atoms with Crippen molar-refractivity contribution in [2.45, 2.75) is 0 Å². The van der Waals surface area contributed by atoms with Gasteiger partial charge in [0, 0.05) is 5.69 Å². The van der Waals surface area contributed by atoms with Gasteiger partial charge in [-0.3, -0.25) is 0 Å². The van der Waals surface area contributed by atoms with Gasteiger partial charge in [-0.05, 0) is 24.4 Å². The fourth-order valence-corrected chi connectivity index (χ4v) is 0.869. The molecule has 4 heteroatoms. The number of para-hydroxylation sites is 1. The zero-order valence-electron chi connectivity index (χ0n) is 6.15. The highest BCUT2D eigenvalue weighted by Crippen LogP contribution is 2.04. The number of carbonyl (C=O) groups excluding carboxylic acids is 1. The zero-order chi connectivity index (χ0) is 8.81. The molecule has 0 aliphatic carbocycles. The summed E-state index contributed by atoms with van der Waals surface area (Å²) in [7, 11) is 0. The predicted octanol–water partition coefficient (Wildman–Crippen LogP) is 1.72. The topological polar surface area (TPSA) is 41.5 Å². The number of anilines is 1. The lowest BCUT2D eigenvalue weighted by atomic mass is 10.3. The smallest absolute Gasteiger partial charge is 0.242 e. The van der Waals surface area contributed by atoms with Gasteiger partial charge in [-0.1, -0.05) is 18.2 Å². The molecule has 1 rings (SSSR count). The first kappa shape index (κ1) is 8.59. The number of hydrogen-bond donors (Lipinski definition) is 1. The molecule has 0 unspecified atom stereocenters. The van der Waals surface area contributed by atoms with Crippen LogP contribution in [0.2, 0.25) is 0 Å². The number of hydrogen-bond acceptors (Lipinski definition) is 2. The fraction of sp³-hybridized carbons (Fsp3) is 0. The van der Waals surface area contributed by atoms with Gasteiger partial charge in [0.25, 0.3) is 0 Å². The molecule has 0 amide bonds. The zero-order valence-corrected chi connectivity index (χ0v) is 6.97. The van der Waals surface area contributed by atoms with Gasteiger partial charge in [0.05, 0.1) is 0 Å². The molecule has 1 aromatic carbocycles. The van der Waals surface area contributed by atoms with Crippen LogP contribution in [0.3, 0.4) is 0 Å². The van der Waals surface area contributed by atoms with Crippen molar-refractivity contribution in [3.05, 3.63) is 30.3 Å². The molecule has 60 valence electrons. The van der Waals surface area contributed by atoms with E-state index < -0.39 is 0 Å². The Kier molecular flexibility index (Phi) is 3.14. The molecule has 0 aromatic heterocycles. The highest BCUT2D eigenvalue weighted by atomic mass is 32.1. The molecule has 0 fully saturated rings. The quantitative estimate of drug-likeness (QED) is 0.404. The summed E-state index contributed by atoms with van der Waals surface area (Å²) in [6.07, 6.45) is 1.36. The Labute approximate surface area is 75.1 Å². The molecule has 0 heterocycles. The van der Waals surface area contributed by atoms with Crippen LogP contribution in [-0.4, -0.2) is 11.2 Å². The van der Waals surface area contributed by atoms with Crippen LogP contribution in [0.15, 0.2) is 35.3 Å². The Bertz CT molecular complexity index is 317. The average molecular weight is 178 g/mol. The van der Waals surface area contributed by atoms with E-state index in [2.05, 4.69) is 10.3 Å². The number of thiocarbonyl (C=S) groups is 1. The summed E-state index contributed by atoms with van der Waals surface area (Å²) in [5.74, 6) is 0. The Morgan fingerprint density at radius 1 is 1.42 bits per heavy atom. The summed E-state index contributed by atoms with van der Waals surface area (Å²) in [6, 6.07) is 9.25. The van der Waals surface area contributed by atoms with Gasteiger partial charge in [0.2, 0.25) is 11.2 Å². The lowest BCUT2D eigenvalue weighted by molar-refractivity contribution is 0.566. The van der Waals surface area contributed by atoms with Crippen molar-refractivity contribution < 1.29 is 4.79 Å². The van der Waals surface area contributed by atoms with Gasteiger partial charge in [-0.2, -0.15) is 0 Å². The van der Waals surface area contributed by atoms with E-state index in [1.807, 2.05) is 30.3 Å². The standard InChI is InChI=1S/C8H6N2OS/c11-6-9-8(12)10-7-4-2-1-3-5-7/h1-5H,(H,10,12). The summed E-state index contributed by atoms with van der Waals surface area (Å²) < 4.78 is 0. The van der Waals surface area contributed by atoms with Gasteiger partial charge < -0.3 is 5.32 Å². The number of nitrogens with one attached hydrogen (secondary N) is 1. The lowest BCUT2D eigenvalue weighted by Gasteiger charge is -1.99. The third-order valence-corrected chi connectivity index (χ3v) is 1.37. The Morgan fingerprint density at radius 3 is 2.67 bits per heavy atom. The second-order valence-corrected chi connectivity index (χ2v) is 2.39. The Hall–Kier alpha value is -1.51. The van der Waals surface area contributed by atoms with Crippen LogP contribution in [0, 0.1) is 0 Å². The molecule has 0 aliphatic rings. The molecule has 12 heavy (non-hydrogen) atoms. The van der Waals surface area contributed by atoms with Crippen LogP contribution in [0.1, 0.15) is 0 Å². The summed E-state index contributed by atoms with van der Waals surface area (Å²) >= 11 is 4.69. The van der Waals surface area contributed by atoms with Crippen molar-refractivity contribution in [1.29, 1.82) is 0 Å². The summed E-state index contributed by atoms with van der Waals surface area (Å²) in [5, 5.41) is 2.87. The van der Waals surface area contributed by atoms with Crippen LogP contribution in [0.5, 0.6) is 0 Å². The fourth-order valence-electron chi connectivity index (χ4n) is 0.714. The normalized spacial score (nSPS) is 8.33. The molecule has 0 aliphatic heterocycles. The molecular formula is C8H6N2OS. The lowest BCUT2D eigenvalue weighted by Crippen LogP contribution is -2.04. The van der Waals surface area contributed by atoms with E-state index >= 15 is 0 Å². The number of benzene rings is 1. The maximum absolute atomic E-state index is 9.79. The first-order valence-electron chi connectivity index (χ1n) is 3.27. The van der Waals surface area contributed by atoms with Gasteiger partial charge >= 0.3 is 0 Å². The van der Waals surface area contributed by atoms with Gasteiger partial charge in [0.15, 0.2) is 0 Å². The third kappa shape index (κ3) is 2.62. The van der Waals surface area contributed by atoms with Gasteiger partial charge in [-0.15, -0.1) is 4.99 Å². The maximum atomic E-state index is 9.79. The Morgan fingerprint density at radius 2 is 2.08 bits per heavy atom. The molecule has 3 nitrogen and oxygen atoms in total. The van der Waals surface area contributed by atoms with Crippen molar-refractivity contribution >= 4 is 29.1 Å². The van der Waals surface area contributed by atoms with Crippen molar-refractivity contribution in [2.24, 2.45) is 4.99 Å². The minimum absolute atomic E-state index is 0.121. The minimum atomic E-state index is 0.121. The summed E-state index contributed by atoms with van der Waals surface area (Å²) in [5.41, 5.74) is 0.807. The van der Waals surface area contributed by atoms with Gasteiger partial charge in [-0.25, -0.2) is 4.79 Å². The molecular weight excluding hydrogens is 172 g/mol. The van der Waals surface area contributed by atoms with Crippen LogP contribution in [0.25, 0.3) is 0 Å². The monoisotopic (exact) mass is 178 g/mol. The molecule has 0 spiro atoms. The van der Waals surface area contributed by atoms with E-state index in [4.69, 9.17) is 12.2 Å². The highest BCUT2D eigenvalue weighted by Gasteiger charge is 1.91. The second-order valence-electron chi connectivity index (χ2n) is 2.00. The second kappa shape index (κ2) is 4.38. The van der Waals surface area contributed by atoms with E-state index in [1.165, 1.54) is 6.08 Å². The SMILES string of the molecule is O=C=NC(=S)Nc1ccccc1. The number of aliphatic imine (C=N–C) groups is 1. The van der Waals surface area contributed by atoms with Crippen LogP contribution >= 0.6 is 12.2 Å². The molecule has 0 radical (unpaired) electrons. The highest BCUT2D eigenvalue weighted by molar-refractivity contribution is 7.80. The van der Waals surface area contributed by atoms with E-state index in [9.17, 15) is 4.79 Å². The predicted molar refractivity (Wildman–Crippen MR) is 50.8 cm³/mol. The maximum Gasteiger partial charge on any atom is 0.242 e. The summed E-state index contributed by atoms with van der Waals surface area (Å²) in [6.45, 7) is 0. The summed E-state index contributed by atoms with van der Waals surface area (Å²) in [4.78, 5) is 13.0. The molecule has 1 aromatic rings. The minimum Gasteiger partial charge on any atom is -0.330 e. The average Bonchev–Trinajstić information content (AvgIpc) is 2.06. The number of isocyanates is 1. The first-order chi connectivity index (χ1) is 5.83.